The van der Waals surface area contributed by atoms with Crippen LogP contribution in [0.1, 0.15) is 23.9 Å². The molecule has 1 saturated carbocycles. The standard InChI is InChI=1S/C17H20N4O5S2/c22-21(23)15-11-13(28(24,25)20-6-8-26-9-7-20)3-4-14(15)19-16(12-1-2-12)17-18-5-10-27-17/h3-5,10-12,16,19H,1-2,6-9H2/t16-/m0/s1. The predicted octanol–water partition coefficient (Wildman–Crippen LogP) is 2.64. The summed E-state index contributed by atoms with van der Waals surface area (Å²) in [6.45, 7) is 1.11. The Balaban J connectivity index is 1.65. The first kappa shape index (κ1) is 19.2. The van der Waals surface area contributed by atoms with E-state index in [1.807, 2.05) is 5.38 Å². The highest BCUT2D eigenvalue weighted by molar-refractivity contribution is 7.89. The minimum absolute atomic E-state index is 0.0797. The molecule has 0 radical (unpaired) electrons. The Morgan fingerprint density at radius 2 is 2.07 bits per heavy atom. The van der Waals surface area contributed by atoms with Gasteiger partial charge in [-0.05, 0) is 30.9 Å². The van der Waals surface area contributed by atoms with Crippen molar-refractivity contribution in [3.05, 3.63) is 44.9 Å². The number of anilines is 1. The molecule has 11 heteroatoms. The number of nitro benzene ring substituents is 1. The van der Waals surface area contributed by atoms with E-state index in [9.17, 15) is 18.5 Å². The second-order valence-electron chi connectivity index (χ2n) is 6.78. The summed E-state index contributed by atoms with van der Waals surface area (Å²) in [5.74, 6) is 0.377. The lowest BCUT2D eigenvalue weighted by Crippen LogP contribution is -2.40. The number of morpholine rings is 1. The Bertz CT molecular complexity index is 954. The van der Waals surface area contributed by atoms with Crippen LogP contribution in [0.2, 0.25) is 0 Å². The molecular formula is C17H20N4O5S2. The zero-order valence-electron chi connectivity index (χ0n) is 15.0. The van der Waals surface area contributed by atoms with E-state index in [-0.39, 0.29) is 29.7 Å². The van der Waals surface area contributed by atoms with Gasteiger partial charge in [-0.15, -0.1) is 11.3 Å². The highest BCUT2D eigenvalue weighted by Gasteiger charge is 2.36. The molecule has 1 aliphatic carbocycles. The Labute approximate surface area is 166 Å². The van der Waals surface area contributed by atoms with Crippen LogP contribution in [-0.2, 0) is 14.8 Å². The van der Waals surface area contributed by atoms with E-state index in [1.165, 1.54) is 27.8 Å². The van der Waals surface area contributed by atoms with Gasteiger partial charge in [0, 0.05) is 30.7 Å². The van der Waals surface area contributed by atoms with Crippen LogP contribution in [0, 0.1) is 16.0 Å². The summed E-state index contributed by atoms with van der Waals surface area (Å²) in [6, 6.07) is 3.93. The molecule has 2 aromatic rings. The molecule has 2 heterocycles. The molecule has 0 amide bonds. The van der Waals surface area contributed by atoms with Crippen molar-refractivity contribution in [2.75, 3.05) is 31.6 Å². The van der Waals surface area contributed by atoms with Crippen molar-refractivity contribution < 1.29 is 18.1 Å². The molecule has 4 rings (SSSR count). The summed E-state index contributed by atoms with van der Waals surface area (Å²) in [6.07, 6.45) is 3.78. The van der Waals surface area contributed by atoms with Crippen LogP contribution in [0.25, 0.3) is 0 Å². The van der Waals surface area contributed by atoms with Gasteiger partial charge in [-0.25, -0.2) is 13.4 Å². The number of aromatic nitrogens is 1. The predicted molar refractivity (Wildman–Crippen MR) is 104 cm³/mol. The van der Waals surface area contributed by atoms with Crippen molar-refractivity contribution in [1.29, 1.82) is 0 Å². The van der Waals surface area contributed by atoms with Crippen LogP contribution in [-0.4, -0.2) is 48.9 Å². The normalized spacial score (nSPS) is 19.3. The molecule has 1 atom stereocenters. The van der Waals surface area contributed by atoms with Gasteiger partial charge in [0.1, 0.15) is 10.7 Å². The topological polar surface area (TPSA) is 115 Å². The summed E-state index contributed by atoms with van der Waals surface area (Å²) in [7, 11) is -3.80. The molecule has 1 saturated heterocycles. The monoisotopic (exact) mass is 424 g/mol. The zero-order valence-corrected chi connectivity index (χ0v) is 16.6. The van der Waals surface area contributed by atoms with E-state index >= 15 is 0 Å². The van der Waals surface area contributed by atoms with E-state index in [1.54, 1.807) is 6.20 Å². The number of ether oxygens (including phenoxy) is 1. The molecule has 1 aliphatic heterocycles. The highest BCUT2D eigenvalue weighted by Crippen LogP contribution is 2.44. The first-order valence-corrected chi connectivity index (χ1v) is 11.3. The van der Waals surface area contributed by atoms with Gasteiger partial charge in [-0.1, -0.05) is 0 Å². The van der Waals surface area contributed by atoms with E-state index in [0.717, 1.165) is 23.9 Å². The molecule has 2 fully saturated rings. The van der Waals surface area contributed by atoms with Crippen LogP contribution < -0.4 is 5.32 Å². The highest BCUT2D eigenvalue weighted by atomic mass is 32.2. The largest absolute Gasteiger partial charge is 0.379 e. The molecular weight excluding hydrogens is 404 g/mol. The molecule has 150 valence electrons. The Morgan fingerprint density at radius 1 is 1.32 bits per heavy atom. The fourth-order valence-electron chi connectivity index (χ4n) is 3.25. The number of nitrogens with one attached hydrogen (secondary N) is 1. The smallest absolute Gasteiger partial charge is 0.293 e. The van der Waals surface area contributed by atoms with Gasteiger partial charge in [0.25, 0.3) is 5.69 Å². The van der Waals surface area contributed by atoms with Crippen LogP contribution in [0.5, 0.6) is 0 Å². The van der Waals surface area contributed by atoms with Crippen molar-refractivity contribution in [2.24, 2.45) is 5.92 Å². The second kappa shape index (κ2) is 7.74. The van der Waals surface area contributed by atoms with Gasteiger partial charge < -0.3 is 10.1 Å². The van der Waals surface area contributed by atoms with E-state index in [4.69, 9.17) is 4.74 Å². The molecule has 1 N–H and O–H groups in total. The summed E-state index contributed by atoms with van der Waals surface area (Å²) >= 11 is 1.50. The van der Waals surface area contributed by atoms with E-state index < -0.39 is 14.9 Å². The van der Waals surface area contributed by atoms with Crippen LogP contribution in [0.15, 0.2) is 34.7 Å². The maximum atomic E-state index is 12.8. The number of nitrogens with zero attached hydrogens (tertiary/aromatic N) is 3. The molecule has 0 unspecified atom stereocenters. The summed E-state index contributed by atoms with van der Waals surface area (Å²) in [4.78, 5) is 15.4. The fourth-order valence-corrected chi connectivity index (χ4v) is 5.46. The first-order valence-electron chi connectivity index (χ1n) is 8.99. The van der Waals surface area contributed by atoms with Crippen molar-refractivity contribution in [3.63, 3.8) is 0 Å². The lowest BCUT2D eigenvalue weighted by molar-refractivity contribution is -0.384. The lowest BCUT2D eigenvalue weighted by atomic mass is 10.1. The van der Waals surface area contributed by atoms with Crippen LogP contribution >= 0.6 is 11.3 Å². The number of thiazole rings is 1. The van der Waals surface area contributed by atoms with Crippen molar-refractivity contribution >= 4 is 32.7 Å². The summed E-state index contributed by atoms with van der Waals surface area (Å²) < 4.78 is 32.1. The van der Waals surface area contributed by atoms with Gasteiger partial charge >= 0.3 is 0 Å². The summed E-state index contributed by atoms with van der Waals surface area (Å²) in [5.41, 5.74) is 0.0505. The molecule has 1 aromatic carbocycles. The average Bonchev–Trinajstić information content (AvgIpc) is 3.40. The third-order valence-corrected chi connectivity index (χ3v) is 7.65. The SMILES string of the molecule is O=[N+]([O-])c1cc(S(=O)(=O)N2CCOCC2)ccc1N[C@H](c1nccs1)C1CC1. The number of benzene rings is 1. The Kier molecular flexibility index (Phi) is 5.32. The Hall–Kier alpha value is -2.08. The van der Waals surface area contributed by atoms with Crippen molar-refractivity contribution in [1.82, 2.24) is 9.29 Å². The third kappa shape index (κ3) is 3.88. The van der Waals surface area contributed by atoms with Crippen molar-refractivity contribution in [3.8, 4) is 0 Å². The quantitative estimate of drug-likeness (QED) is 0.537. The molecule has 0 bridgehead atoms. The zero-order chi connectivity index (χ0) is 19.7. The molecule has 0 spiro atoms. The minimum Gasteiger partial charge on any atom is -0.379 e. The lowest BCUT2D eigenvalue weighted by Gasteiger charge is -2.26. The molecule has 1 aromatic heterocycles. The van der Waals surface area contributed by atoms with Crippen molar-refractivity contribution in [2.45, 2.75) is 23.8 Å². The van der Waals surface area contributed by atoms with Crippen LogP contribution in [0.4, 0.5) is 11.4 Å². The minimum atomic E-state index is -3.80. The molecule has 2 aliphatic rings. The fraction of sp³-hybridized carbons (Fsp3) is 0.471. The van der Waals surface area contributed by atoms with Gasteiger partial charge in [0.15, 0.2) is 0 Å². The van der Waals surface area contributed by atoms with Gasteiger partial charge in [-0.2, -0.15) is 4.31 Å². The van der Waals surface area contributed by atoms with E-state index in [0.29, 0.717) is 24.8 Å². The molecule has 28 heavy (non-hydrogen) atoms. The van der Waals surface area contributed by atoms with E-state index in [2.05, 4.69) is 10.3 Å². The van der Waals surface area contributed by atoms with Gasteiger partial charge in [-0.3, -0.25) is 10.1 Å². The number of nitro groups is 1. The third-order valence-electron chi connectivity index (χ3n) is 4.90. The number of hydrogen-bond acceptors (Lipinski definition) is 8. The van der Waals surface area contributed by atoms with Gasteiger partial charge in [0.05, 0.1) is 29.1 Å². The maximum Gasteiger partial charge on any atom is 0.293 e. The van der Waals surface area contributed by atoms with Crippen LogP contribution in [0.3, 0.4) is 0 Å². The Morgan fingerprint density at radius 3 is 2.68 bits per heavy atom. The first-order chi connectivity index (χ1) is 13.5. The average molecular weight is 425 g/mol. The maximum absolute atomic E-state index is 12.8. The number of hydrogen-bond donors (Lipinski definition) is 1. The second-order valence-corrected chi connectivity index (χ2v) is 9.65. The number of sulfonamides is 1. The number of rotatable bonds is 7. The summed E-state index contributed by atoms with van der Waals surface area (Å²) in [5, 5.41) is 17.6. The van der Waals surface area contributed by atoms with Gasteiger partial charge in [0.2, 0.25) is 10.0 Å². The molecule has 9 nitrogen and oxygen atoms in total.